The second-order valence-electron chi connectivity index (χ2n) is 12.8. The van der Waals surface area contributed by atoms with E-state index < -0.39 is 0 Å². The van der Waals surface area contributed by atoms with Crippen molar-refractivity contribution in [1.29, 1.82) is 0 Å². The number of fused-ring (bicyclic) bond motifs is 5. The zero-order chi connectivity index (χ0) is 22.4. The Morgan fingerprint density at radius 3 is 2.55 bits per heavy atom. The van der Waals surface area contributed by atoms with E-state index in [4.69, 9.17) is 4.74 Å². The Bertz CT molecular complexity index is 693. The molecular formula is C29H48O2. The first kappa shape index (κ1) is 23.4. The van der Waals surface area contributed by atoms with E-state index in [0.717, 1.165) is 48.3 Å². The van der Waals surface area contributed by atoms with Crippen LogP contribution in [0.15, 0.2) is 11.6 Å². The lowest BCUT2D eigenvalue weighted by atomic mass is 9.47. The SMILES string of the molecule is CC(=O)O[C@H]1CC[C@@]2(C)C(=CC[C@@H]3[C@H]4CC[C@@H]([C@@H](C)CCCC(C)C)[C@]4(C)CC[C@H]32)C1. The van der Waals surface area contributed by atoms with Gasteiger partial charge >= 0.3 is 5.97 Å². The molecule has 4 rings (SSSR count). The molecule has 0 saturated heterocycles. The molecule has 3 fully saturated rings. The molecule has 4 aliphatic carbocycles. The fourth-order valence-corrected chi connectivity index (χ4v) is 8.99. The van der Waals surface area contributed by atoms with Crippen LogP contribution in [0.3, 0.4) is 0 Å². The molecule has 0 amide bonds. The third kappa shape index (κ3) is 4.26. The van der Waals surface area contributed by atoms with Gasteiger partial charge in [0.2, 0.25) is 0 Å². The van der Waals surface area contributed by atoms with Crippen molar-refractivity contribution in [3.05, 3.63) is 11.6 Å². The van der Waals surface area contributed by atoms with Crippen molar-refractivity contribution in [2.24, 2.45) is 46.3 Å². The van der Waals surface area contributed by atoms with Gasteiger partial charge in [0.1, 0.15) is 6.10 Å². The van der Waals surface area contributed by atoms with Crippen LogP contribution in [-0.4, -0.2) is 12.1 Å². The summed E-state index contributed by atoms with van der Waals surface area (Å²) >= 11 is 0. The number of carbonyl (C=O) groups excluding carboxylic acids is 1. The third-order valence-electron chi connectivity index (χ3n) is 10.6. The van der Waals surface area contributed by atoms with E-state index in [0.29, 0.717) is 10.8 Å². The number of ether oxygens (including phenoxy) is 1. The fourth-order valence-electron chi connectivity index (χ4n) is 8.99. The van der Waals surface area contributed by atoms with Crippen molar-refractivity contribution < 1.29 is 9.53 Å². The second kappa shape index (κ2) is 8.86. The van der Waals surface area contributed by atoms with Gasteiger partial charge in [0, 0.05) is 13.3 Å². The van der Waals surface area contributed by atoms with Gasteiger partial charge in [-0.05, 0) is 91.3 Å². The minimum atomic E-state index is -0.115. The predicted molar refractivity (Wildman–Crippen MR) is 129 cm³/mol. The van der Waals surface area contributed by atoms with Crippen molar-refractivity contribution in [3.63, 3.8) is 0 Å². The predicted octanol–water partition coefficient (Wildman–Crippen LogP) is 7.96. The number of rotatable bonds is 6. The average molecular weight is 429 g/mol. The molecule has 0 spiro atoms. The highest BCUT2D eigenvalue weighted by Crippen LogP contribution is 2.67. The maximum absolute atomic E-state index is 11.5. The van der Waals surface area contributed by atoms with Crippen molar-refractivity contribution >= 4 is 5.97 Å². The van der Waals surface area contributed by atoms with Crippen LogP contribution in [0.5, 0.6) is 0 Å². The zero-order valence-electron chi connectivity index (χ0n) is 21.2. The molecule has 8 atom stereocenters. The normalized spacial score (nSPS) is 42.9. The van der Waals surface area contributed by atoms with E-state index in [2.05, 4.69) is 40.7 Å². The van der Waals surface area contributed by atoms with E-state index >= 15 is 0 Å². The largest absolute Gasteiger partial charge is 0.462 e. The molecular weight excluding hydrogens is 380 g/mol. The number of hydrogen-bond acceptors (Lipinski definition) is 2. The molecule has 31 heavy (non-hydrogen) atoms. The van der Waals surface area contributed by atoms with Crippen LogP contribution in [0.2, 0.25) is 0 Å². The number of carbonyl (C=O) groups is 1. The molecule has 0 radical (unpaired) electrons. The average Bonchev–Trinajstić information content (AvgIpc) is 3.05. The summed E-state index contributed by atoms with van der Waals surface area (Å²) in [6, 6.07) is 0. The number of hydrogen-bond donors (Lipinski definition) is 0. The Balaban J connectivity index is 1.47. The van der Waals surface area contributed by atoms with Crippen molar-refractivity contribution in [3.8, 4) is 0 Å². The summed E-state index contributed by atoms with van der Waals surface area (Å²) < 4.78 is 5.61. The van der Waals surface area contributed by atoms with Crippen molar-refractivity contribution in [1.82, 2.24) is 0 Å². The topological polar surface area (TPSA) is 26.3 Å². The molecule has 0 unspecified atom stereocenters. The molecule has 0 aromatic carbocycles. The highest BCUT2D eigenvalue weighted by molar-refractivity contribution is 5.66. The standard InChI is InChI=1S/C29H48O2/c1-19(2)8-7-9-20(3)25-12-13-26-24-11-10-22-18-23(31-21(4)30)14-16-28(22,5)27(24)15-17-29(25,26)6/h10,19-20,23-27H,7-9,11-18H2,1-6H3/t20-,23-,24+,25-,26+,27+,28-,29-/m0/s1. The fraction of sp³-hybridized carbons (Fsp3) is 0.897. The van der Waals surface area contributed by atoms with Crippen LogP contribution >= 0.6 is 0 Å². The van der Waals surface area contributed by atoms with E-state index in [-0.39, 0.29) is 12.1 Å². The Hall–Kier alpha value is -0.790. The summed E-state index contributed by atoms with van der Waals surface area (Å²) in [4.78, 5) is 11.5. The van der Waals surface area contributed by atoms with Crippen LogP contribution < -0.4 is 0 Å². The maximum atomic E-state index is 11.5. The molecule has 2 nitrogen and oxygen atoms in total. The lowest BCUT2D eigenvalue weighted by Crippen LogP contribution is -2.51. The molecule has 0 aromatic heterocycles. The van der Waals surface area contributed by atoms with Gasteiger partial charge in [0.15, 0.2) is 0 Å². The lowest BCUT2D eigenvalue weighted by Gasteiger charge is -2.58. The smallest absolute Gasteiger partial charge is 0.302 e. The quantitative estimate of drug-likeness (QED) is 0.317. The van der Waals surface area contributed by atoms with Gasteiger partial charge < -0.3 is 4.74 Å². The highest BCUT2D eigenvalue weighted by atomic mass is 16.5. The summed E-state index contributed by atoms with van der Waals surface area (Å²) in [5.41, 5.74) is 2.53. The van der Waals surface area contributed by atoms with Gasteiger partial charge in [-0.15, -0.1) is 0 Å². The van der Waals surface area contributed by atoms with Gasteiger partial charge in [-0.2, -0.15) is 0 Å². The molecule has 0 bridgehead atoms. The van der Waals surface area contributed by atoms with Crippen LogP contribution in [0.4, 0.5) is 0 Å². The van der Waals surface area contributed by atoms with Crippen LogP contribution in [0.25, 0.3) is 0 Å². The van der Waals surface area contributed by atoms with Gasteiger partial charge in [-0.3, -0.25) is 4.79 Å². The van der Waals surface area contributed by atoms with Crippen LogP contribution in [0.1, 0.15) is 112 Å². The van der Waals surface area contributed by atoms with Crippen molar-refractivity contribution in [2.75, 3.05) is 0 Å². The molecule has 0 heterocycles. The summed E-state index contributed by atoms with van der Waals surface area (Å²) in [6.45, 7) is 14.1. The summed E-state index contributed by atoms with van der Waals surface area (Å²) in [5.74, 6) is 5.19. The Morgan fingerprint density at radius 1 is 1.06 bits per heavy atom. The van der Waals surface area contributed by atoms with E-state index in [1.807, 2.05) is 0 Å². The second-order valence-corrected chi connectivity index (χ2v) is 12.8. The minimum Gasteiger partial charge on any atom is -0.462 e. The summed E-state index contributed by atoms with van der Waals surface area (Å²) in [7, 11) is 0. The van der Waals surface area contributed by atoms with E-state index in [9.17, 15) is 4.79 Å². The van der Waals surface area contributed by atoms with Crippen LogP contribution in [0, 0.1) is 46.3 Å². The van der Waals surface area contributed by atoms with E-state index in [1.54, 1.807) is 12.5 Å². The molecule has 2 heteroatoms. The number of esters is 1. The monoisotopic (exact) mass is 428 g/mol. The molecule has 176 valence electrons. The molecule has 0 aromatic rings. The lowest BCUT2D eigenvalue weighted by molar-refractivity contribution is -0.148. The Morgan fingerprint density at radius 2 is 1.84 bits per heavy atom. The van der Waals surface area contributed by atoms with Gasteiger partial charge in [0.05, 0.1) is 0 Å². The first-order chi connectivity index (χ1) is 14.6. The summed E-state index contributed by atoms with van der Waals surface area (Å²) in [6.07, 6.45) is 17.2. The minimum absolute atomic E-state index is 0.115. The third-order valence-corrected chi connectivity index (χ3v) is 10.6. The van der Waals surface area contributed by atoms with Crippen LogP contribution in [-0.2, 0) is 9.53 Å². The molecule has 3 saturated carbocycles. The Kier molecular flexibility index (Phi) is 6.68. The first-order valence-corrected chi connectivity index (χ1v) is 13.5. The molecule has 0 aliphatic heterocycles. The first-order valence-electron chi connectivity index (χ1n) is 13.5. The molecule has 0 N–H and O–H groups in total. The highest BCUT2D eigenvalue weighted by Gasteiger charge is 2.59. The maximum Gasteiger partial charge on any atom is 0.302 e. The Labute approximate surface area is 192 Å². The van der Waals surface area contributed by atoms with Gasteiger partial charge in [-0.25, -0.2) is 0 Å². The summed E-state index contributed by atoms with van der Waals surface area (Å²) in [5, 5.41) is 0. The molecule has 4 aliphatic rings. The van der Waals surface area contributed by atoms with E-state index in [1.165, 1.54) is 57.8 Å². The number of allylic oxidation sites excluding steroid dienone is 1. The van der Waals surface area contributed by atoms with Gasteiger partial charge in [-0.1, -0.05) is 65.5 Å². The zero-order valence-corrected chi connectivity index (χ0v) is 21.2. The van der Waals surface area contributed by atoms with Gasteiger partial charge in [0.25, 0.3) is 0 Å². The van der Waals surface area contributed by atoms with Crippen molar-refractivity contribution in [2.45, 2.75) is 118 Å².